The number of pyridine rings is 1. The minimum absolute atomic E-state index is 0.109. The van der Waals surface area contributed by atoms with Gasteiger partial charge in [-0.3, -0.25) is 23.9 Å². The summed E-state index contributed by atoms with van der Waals surface area (Å²) >= 11 is 7.28. The van der Waals surface area contributed by atoms with Crippen LogP contribution in [0.25, 0.3) is 10.9 Å². The van der Waals surface area contributed by atoms with Crippen molar-refractivity contribution in [2.75, 3.05) is 47.6 Å². The van der Waals surface area contributed by atoms with Gasteiger partial charge in [-0.2, -0.15) is 0 Å². The molecule has 2 N–H and O–H groups in total. The van der Waals surface area contributed by atoms with Crippen molar-refractivity contribution in [2.45, 2.75) is 26.8 Å². The van der Waals surface area contributed by atoms with E-state index in [0.717, 1.165) is 35.7 Å². The van der Waals surface area contributed by atoms with E-state index in [1.54, 1.807) is 42.4 Å². The van der Waals surface area contributed by atoms with Crippen LogP contribution in [0.5, 0.6) is 0 Å². The molecule has 0 bridgehead atoms. The van der Waals surface area contributed by atoms with E-state index >= 15 is 0 Å². The van der Waals surface area contributed by atoms with Crippen LogP contribution >= 0.6 is 23.5 Å². The maximum Gasteiger partial charge on any atom is 0.281 e. The van der Waals surface area contributed by atoms with E-state index in [-0.39, 0.29) is 28.4 Å². The Kier molecular flexibility index (Phi) is 8.32. The van der Waals surface area contributed by atoms with Crippen LogP contribution in [-0.4, -0.2) is 62.8 Å². The lowest BCUT2D eigenvalue weighted by molar-refractivity contribution is 0.0980. The van der Waals surface area contributed by atoms with Crippen molar-refractivity contribution >= 4 is 57.8 Å². The van der Waals surface area contributed by atoms with Gasteiger partial charge in [0.2, 0.25) is 5.95 Å². The molecule has 41 heavy (non-hydrogen) atoms. The number of carbonyl (C=O) groups excluding carboxylic acids is 1. The van der Waals surface area contributed by atoms with Gasteiger partial charge in [0.15, 0.2) is 5.69 Å². The second kappa shape index (κ2) is 11.9. The van der Waals surface area contributed by atoms with E-state index in [0.29, 0.717) is 35.6 Å². The fourth-order valence-corrected chi connectivity index (χ4v) is 5.50. The van der Waals surface area contributed by atoms with Crippen molar-refractivity contribution < 1.29 is 4.79 Å². The predicted molar refractivity (Wildman–Crippen MR) is 165 cm³/mol. The summed E-state index contributed by atoms with van der Waals surface area (Å²) in [6.45, 7) is 8.68. The summed E-state index contributed by atoms with van der Waals surface area (Å²) in [6.07, 6.45) is 5.28. The minimum Gasteiger partial charge on any atom is -0.377 e. The normalized spacial score (nSPS) is 14.3. The first-order chi connectivity index (χ1) is 19.7. The molecule has 1 atom stereocenters. The van der Waals surface area contributed by atoms with E-state index in [9.17, 15) is 9.59 Å². The lowest BCUT2D eigenvalue weighted by Crippen LogP contribution is -2.48. The number of fused-ring (bicyclic) bond motifs is 1. The number of rotatable bonds is 7. The summed E-state index contributed by atoms with van der Waals surface area (Å²) < 4.78 is 4.32. The summed E-state index contributed by atoms with van der Waals surface area (Å²) in [6, 6.07) is 6.96. The van der Waals surface area contributed by atoms with Crippen molar-refractivity contribution in [1.29, 1.82) is 0 Å². The third-order valence-electron chi connectivity index (χ3n) is 7.07. The molecule has 1 fully saturated rings. The fraction of sp³-hybridized carbons (Fsp3) is 0.357. The van der Waals surface area contributed by atoms with Crippen LogP contribution in [0, 0.1) is 13.8 Å². The number of halogens is 1. The Morgan fingerprint density at radius 3 is 2.49 bits per heavy atom. The molecule has 5 rings (SSSR count). The highest BCUT2D eigenvalue weighted by Gasteiger charge is 2.24. The number of nitrogens with zero attached hydrogens (tertiary/aromatic N) is 7. The topological polar surface area (TPSA) is 121 Å². The molecular formula is C28H32ClN9O2S. The first-order valence-corrected chi connectivity index (χ1v) is 14.8. The number of hydrogen-bond donors (Lipinski definition) is 2. The van der Waals surface area contributed by atoms with Crippen molar-refractivity contribution in [3.63, 3.8) is 0 Å². The number of benzene rings is 1. The van der Waals surface area contributed by atoms with Gasteiger partial charge in [-0.1, -0.05) is 29.6 Å². The number of aryl methyl sites for hydroxylation is 2. The molecule has 1 aliphatic heterocycles. The number of amides is 1. The molecule has 0 saturated carbocycles. The lowest BCUT2D eigenvalue weighted by Gasteiger charge is -2.36. The minimum atomic E-state index is -0.353. The SMILES string of the molecule is CSNC(=O)c1nc(Cl)ccc1NC(C)c1cc(C)cc2c(=O)n(C)c(N3CCN(c4cncc(C)n4)CC3)nc12. The van der Waals surface area contributed by atoms with Crippen LogP contribution < -0.4 is 25.4 Å². The standard InChI is InChI=1S/C28H32ClN9O2S/c1-16-12-19(18(3)32-21-6-7-22(29)33-25(21)26(39)35-41-5)24-20(13-16)27(40)36(4)28(34-24)38-10-8-37(9-11-38)23-15-30-14-17(2)31-23/h6-7,12-15,18,32H,8-11H2,1-5H3,(H,35,39). The fourth-order valence-electron chi connectivity index (χ4n) is 5.07. The molecule has 4 heterocycles. The van der Waals surface area contributed by atoms with E-state index in [1.165, 1.54) is 11.9 Å². The Hall–Kier alpha value is -3.90. The maximum absolute atomic E-state index is 13.6. The molecule has 1 unspecified atom stereocenters. The van der Waals surface area contributed by atoms with Crippen LogP contribution in [0.4, 0.5) is 17.5 Å². The van der Waals surface area contributed by atoms with Gasteiger partial charge in [-0.15, -0.1) is 0 Å². The second-order valence-corrected chi connectivity index (χ2v) is 11.1. The molecule has 214 valence electrons. The highest BCUT2D eigenvalue weighted by molar-refractivity contribution is 7.97. The van der Waals surface area contributed by atoms with Crippen molar-refractivity contribution in [3.8, 4) is 0 Å². The lowest BCUT2D eigenvalue weighted by atomic mass is 10.0. The number of nitrogens with one attached hydrogen (secondary N) is 2. The number of piperazine rings is 1. The molecule has 1 aromatic carbocycles. The van der Waals surface area contributed by atoms with E-state index in [4.69, 9.17) is 16.6 Å². The van der Waals surface area contributed by atoms with Crippen LogP contribution in [0.2, 0.25) is 5.15 Å². The number of hydrogen-bond acceptors (Lipinski definition) is 10. The predicted octanol–water partition coefficient (Wildman–Crippen LogP) is 3.90. The molecule has 0 aliphatic carbocycles. The van der Waals surface area contributed by atoms with Gasteiger partial charge in [0.05, 0.1) is 34.5 Å². The van der Waals surface area contributed by atoms with Gasteiger partial charge < -0.3 is 15.1 Å². The average Bonchev–Trinajstić information content (AvgIpc) is 2.96. The second-order valence-electron chi connectivity index (χ2n) is 10.1. The molecule has 1 saturated heterocycles. The molecule has 11 nitrogen and oxygen atoms in total. The van der Waals surface area contributed by atoms with Crippen molar-refractivity contribution in [2.24, 2.45) is 7.05 Å². The zero-order valence-corrected chi connectivity index (χ0v) is 25.2. The first-order valence-electron chi connectivity index (χ1n) is 13.2. The Labute approximate surface area is 247 Å². The quantitative estimate of drug-likeness (QED) is 0.241. The van der Waals surface area contributed by atoms with Crippen molar-refractivity contribution in [1.82, 2.24) is 29.2 Å². The Morgan fingerprint density at radius 2 is 1.78 bits per heavy atom. The van der Waals surface area contributed by atoms with Crippen LogP contribution in [0.1, 0.15) is 40.3 Å². The largest absolute Gasteiger partial charge is 0.377 e. The summed E-state index contributed by atoms with van der Waals surface area (Å²) in [5.74, 6) is 1.11. The third kappa shape index (κ3) is 5.94. The number of aromatic nitrogens is 5. The Balaban J connectivity index is 1.48. The monoisotopic (exact) mass is 593 g/mol. The van der Waals surface area contributed by atoms with Gasteiger partial charge in [-0.05, 0) is 44.5 Å². The average molecular weight is 594 g/mol. The van der Waals surface area contributed by atoms with Gasteiger partial charge in [0.1, 0.15) is 11.0 Å². The van der Waals surface area contributed by atoms with Gasteiger partial charge >= 0.3 is 0 Å². The van der Waals surface area contributed by atoms with Gasteiger partial charge in [0.25, 0.3) is 11.5 Å². The summed E-state index contributed by atoms with van der Waals surface area (Å²) in [5.41, 5.74) is 3.90. The van der Waals surface area contributed by atoms with E-state index < -0.39 is 0 Å². The molecule has 4 aromatic rings. The van der Waals surface area contributed by atoms with Crippen LogP contribution in [0.3, 0.4) is 0 Å². The van der Waals surface area contributed by atoms with Gasteiger partial charge in [-0.25, -0.2) is 15.0 Å². The molecule has 3 aromatic heterocycles. The van der Waals surface area contributed by atoms with E-state index in [1.807, 2.05) is 32.9 Å². The van der Waals surface area contributed by atoms with Crippen LogP contribution in [0.15, 0.2) is 41.5 Å². The third-order valence-corrected chi connectivity index (χ3v) is 7.67. The molecule has 0 radical (unpaired) electrons. The summed E-state index contributed by atoms with van der Waals surface area (Å²) in [7, 11) is 1.77. The van der Waals surface area contributed by atoms with E-state index in [2.05, 4.69) is 34.8 Å². The number of anilines is 3. The van der Waals surface area contributed by atoms with Gasteiger partial charge in [0, 0.05) is 51.2 Å². The Bertz CT molecular complexity index is 1670. The molecule has 0 spiro atoms. The van der Waals surface area contributed by atoms with Crippen LogP contribution in [-0.2, 0) is 7.05 Å². The zero-order chi connectivity index (χ0) is 29.3. The molecule has 1 amide bonds. The Morgan fingerprint density at radius 1 is 1.05 bits per heavy atom. The smallest absolute Gasteiger partial charge is 0.281 e. The first kappa shape index (κ1) is 28.6. The highest BCUT2D eigenvalue weighted by Crippen LogP contribution is 2.29. The zero-order valence-electron chi connectivity index (χ0n) is 23.6. The van der Waals surface area contributed by atoms with Crippen molar-refractivity contribution in [3.05, 3.63) is 74.7 Å². The maximum atomic E-state index is 13.6. The molecule has 13 heteroatoms. The molecular weight excluding hydrogens is 562 g/mol. The highest BCUT2D eigenvalue weighted by atomic mass is 35.5. The summed E-state index contributed by atoms with van der Waals surface area (Å²) in [4.78, 5) is 48.8. The number of carbonyl (C=O) groups is 1. The molecule has 1 aliphatic rings. The summed E-state index contributed by atoms with van der Waals surface area (Å²) in [5, 5.41) is 4.17.